The molecule has 12 heavy (non-hydrogen) atoms. The Balaban J connectivity index is 3.08. The van der Waals surface area contributed by atoms with E-state index in [4.69, 9.17) is 0 Å². The van der Waals surface area contributed by atoms with Gasteiger partial charge in [-0.2, -0.15) is 25.3 Å². The van der Waals surface area contributed by atoms with Gasteiger partial charge >= 0.3 is 0 Å². The van der Waals surface area contributed by atoms with E-state index in [1.165, 1.54) is 25.7 Å². The first-order chi connectivity index (χ1) is 5.66. The van der Waals surface area contributed by atoms with Crippen molar-refractivity contribution in [3.05, 3.63) is 0 Å². The van der Waals surface area contributed by atoms with Crippen molar-refractivity contribution in [3.8, 4) is 0 Å². The number of thiol groups is 2. The van der Waals surface area contributed by atoms with Crippen LogP contribution in [-0.2, 0) is 0 Å². The van der Waals surface area contributed by atoms with E-state index in [-0.39, 0.29) is 0 Å². The molecule has 0 N–H and O–H groups in total. The van der Waals surface area contributed by atoms with E-state index in [2.05, 4.69) is 39.1 Å². The fraction of sp³-hybridized carbons (Fsp3) is 1.00. The van der Waals surface area contributed by atoms with Gasteiger partial charge in [0, 0.05) is 5.25 Å². The second kappa shape index (κ2) is 8.31. The Morgan fingerprint density at radius 3 is 2.08 bits per heavy atom. The summed E-state index contributed by atoms with van der Waals surface area (Å²) in [6.07, 6.45) is 6.47. The van der Waals surface area contributed by atoms with Crippen LogP contribution in [0, 0.1) is 5.92 Å². The number of unbranched alkanes of at least 4 members (excludes halogenated alkanes) is 1. The second-order valence-corrected chi connectivity index (χ2v) is 5.02. The third-order valence-electron chi connectivity index (χ3n) is 2.03. The smallest absolute Gasteiger partial charge is 0.00245 e. The number of rotatable bonds is 7. The average Bonchev–Trinajstić information content (AvgIpc) is 1.98. The maximum absolute atomic E-state index is 4.49. The van der Waals surface area contributed by atoms with Crippen LogP contribution in [0.5, 0.6) is 0 Å². The Morgan fingerprint density at radius 2 is 1.58 bits per heavy atom. The topological polar surface area (TPSA) is 0 Å². The quantitative estimate of drug-likeness (QED) is 0.459. The lowest BCUT2D eigenvalue weighted by atomic mass is 10.0. The van der Waals surface area contributed by atoms with Crippen LogP contribution in [0.25, 0.3) is 0 Å². The summed E-state index contributed by atoms with van der Waals surface area (Å²) in [5, 5.41) is 0.578. The Labute approximate surface area is 88.3 Å². The molecule has 0 aromatic heterocycles. The molecule has 0 fully saturated rings. The van der Waals surface area contributed by atoms with Crippen LogP contribution in [0.2, 0.25) is 0 Å². The first-order valence-electron chi connectivity index (χ1n) is 4.95. The van der Waals surface area contributed by atoms with E-state index < -0.39 is 0 Å². The summed E-state index contributed by atoms with van der Waals surface area (Å²) in [7, 11) is 0. The van der Waals surface area contributed by atoms with Crippen LogP contribution in [0.3, 0.4) is 0 Å². The molecule has 0 heterocycles. The van der Waals surface area contributed by atoms with Crippen molar-refractivity contribution >= 4 is 25.3 Å². The van der Waals surface area contributed by atoms with Gasteiger partial charge in [0.15, 0.2) is 0 Å². The molecule has 0 aliphatic rings. The van der Waals surface area contributed by atoms with Crippen LogP contribution in [0.4, 0.5) is 0 Å². The third kappa shape index (κ3) is 8.79. The van der Waals surface area contributed by atoms with Gasteiger partial charge in [0.05, 0.1) is 0 Å². The molecule has 0 nitrogen and oxygen atoms in total. The first-order valence-corrected chi connectivity index (χ1v) is 6.10. The molecular formula is C10H22S2. The minimum Gasteiger partial charge on any atom is -0.179 e. The zero-order valence-corrected chi connectivity index (χ0v) is 10.1. The van der Waals surface area contributed by atoms with Crippen molar-refractivity contribution in [2.45, 2.75) is 51.2 Å². The summed E-state index contributed by atoms with van der Waals surface area (Å²) in [4.78, 5) is 0. The molecule has 0 aliphatic heterocycles. The average molecular weight is 206 g/mol. The van der Waals surface area contributed by atoms with Gasteiger partial charge in [-0.25, -0.2) is 0 Å². The molecule has 0 radical (unpaired) electrons. The van der Waals surface area contributed by atoms with E-state index >= 15 is 0 Å². The molecule has 0 saturated heterocycles. The monoisotopic (exact) mass is 206 g/mol. The maximum atomic E-state index is 4.49. The second-order valence-electron chi connectivity index (χ2n) is 3.84. The highest BCUT2D eigenvalue weighted by Gasteiger charge is 2.01. The van der Waals surface area contributed by atoms with Crippen LogP contribution in [0.1, 0.15) is 46.0 Å². The van der Waals surface area contributed by atoms with Crippen molar-refractivity contribution in [1.29, 1.82) is 0 Å². The third-order valence-corrected chi connectivity index (χ3v) is 2.81. The van der Waals surface area contributed by atoms with Gasteiger partial charge < -0.3 is 0 Å². The highest BCUT2D eigenvalue weighted by atomic mass is 32.1. The van der Waals surface area contributed by atoms with Crippen molar-refractivity contribution < 1.29 is 0 Å². The van der Waals surface area contributed by atoms with Crippen LogP contribution < -0.4 is 0 Å². The normalized spacial score (nSPS) is 13.8. The molecule has 74 valence electrons. The summed E-state index contributed by atoms with van der Waals surface area (Å²) >= 11 is 8.67. The van der Waals surface area contributed by atoms with E-state index in [9.17, 15) is 0 Å². The fourth-order valence-corrected chi connectivity index (χ4v) is 2.05. The summed E-state index contributed by atoms with van der Waals surface area (Å²) in [5.41, 5.74) is 0. The largest absolute Gasteiger partial charge is 0.179 e. The molecule has 1 unspecified atom stereocenters. The zero-order valence-electron chi connectivity index (χ0n) is 8.29. The number of hydrogen-bond acceptors (Lipinski definition) is 2. The highest BCUT2D eigenvalue weighted by Crippen LogP contribution is 2.14. The molecule has 0 aromatic rings. The molecule has 1 atom stereocenters. The molecule has 0 saturated carbocycles. The first kappa shape index (κ1) is 12.7. The Bertz CT molecular complexity index is 91.8. The van der Waals surface area contributed by atoms with Gasteiger partial charge in [-0.1, -0.05) is 33.1 Å². The van der Waals surface area contributed by atoms with E-state index in [1.807, 2.05) is 0 Å². The molecular weight excluding hydrogens is 184 g/mol. The molecule has 0 amide bonds. The van der Waals surface area contributed by atoms with Crippen LogP contribution in [0.15, 0.2) is 0 Å². The SMILES string of the molecule is CC(C)CCCCC(S)CCS. The summed E-state index contributed by atoms with van der Waals surface area (Å²) < 4.78 is 0. The van der Waals surface area contributed by atoms with Crippen molar-refractivity contribution in [2.24, 2.45) is 5.92 Å². The summed E-state index contributed by atoms with van der Waals surface area (Å²) in [6, 6.07) is 0. The maximum Gasteiger partial charge on any atom is 0.00245 e. The van der Waals surface area contributed by atoms with Crippen LogP contribution >= 0.6 is 25.3 Å². The lowest BCUT2D eigenvalue weighted by Crippen LogP contribution is -1.99. The van der Waals surface area contributed by atoms with Gasteiger partial charge in [-0.05, 0) is 24.5 Å². The minimum absolute atomic E-state index is 0.578. The summed E-state index contributed by atoms with van der Waals surface area (Å²) in [5.74, 6) is 1.83. The lowest BCUT2D eigenvalue weighted by Gasteiger charge is -2.09. The fourth-order valence-electron chi connectivity index (χ4n) is 1.23. The Hall–Kier alpha value is 0.700. The molecule has 2 heteroatoms. The van der Waals surface area contributed by atoms with Gasteiger partial charge in [0.2, 0.25) is 0 Å². The van der Waals surface area contributed by atoms with Crippen LogP contribution in [-0.4, -0.2) is 11.0 Å². The summed E-state index contributed by atoms with van der Waals surface area (Å²) in [6.45, 7) is 4.57. The molecule has 0 rings (SSSR count). The standard InChI is InChI=1S/C10H22S2/c1-9(2)5-3-4-6-10(12)7-8-11/h9-12H,3-8H2,1-2H3. The Kier molecular flexibility index (Phi) is 8.79. The molecule has 0 bridgehead atoms. The molecule has 0 aromatic carbocycles. The Morgan fingerprint density at radius 1 is 1.00 bits per heavy atom. The van der Waals surface area contributed by atoms with Gasteiger partial charge in [0.1, 0.15) is 0 Å². The van der Waals surface area contributed by atoms with E-state index in [0.717, 1.165) is 18.1 Å². The zero-order chi connectivity index (χ0) is 9.40. The van der Waals surface area contributed by atoms with Gasteiger partial charge in [0.25, 0.3) is 0 Å². The van der Waals surface area contributed by atoms with Gasteiger partial charge in [-0.3, -0.25) is 0 Å². The van der Waals surface area contributed by atoms with E-state index in [0.29, 0.717) is 5.25 Å². The molecule has 0 aliphatic carbocycles. The van der Waals surface area contributed by atoms with Crippen molar-refractivity contribution in [2.75, 3.05) is 5.75 Å². The minimum atomic E-state index is 0.578. The molecule has 0 spiro atoms. The lowest BCUT2D eigenvalue weighted by molar-refractivity contribution is 0.522. The van der Waals surface area contributed by atoms with Crippen molar-refractivity contribution in [1.82, 2.24) is 0 Å². The number of hydrogen-bond donors (Lipinski definition) is 2. The van der Waals surface area contributed by atoms with Gasteiger partial charge in [-0.15, -0.1) is 0 Å². The highest BCUT2D eigenvalue weighted by molar-refractivity contribution is 7.81. The van der Waals surface area contributed by atoms with E-state index in [1.54, 1.807) is 0 Å². The predicted octanol–water partition coefficient (Wildman–Crippen LogP) is 3.82. The predicted molar refractivity (Wildman–Crippen MR) is 64.6 cm³/mol. The van der Waals surface area contributed by atoms with Crippen molar-refractivity contribution in [3.63, 3.8) is 0 Å².